The molecule has 2 heterocycles. The van der Waals surface area contributed by atoms with Crippen LogP contribution in [0.4, 0.5) is 10.5 Å². The normalized spacial score (nSPS) is 12.9. The standard InChI is InChI=1S/C22H21ClN4O4/c1-2-31-19-6-4-3-5-17(19)24-22(30)26-12-11-18-16(13-26)20(21(28)29)25-27(18)15-9-7-14(23)8-10-15/h3-10H,2,11-13H2,1H3,(H,24,30)(H,28,29). The molecule has 3 aromatic rings. The number of amides is 2. The van der Waals surface area contributed by atoms with Crippen LogP contribution in [0.2, 0.25) is 5.02 Å². The molecule has 0 fully saturated rings. The van der Waals surface area contributed by atoms with Gasteiger partial charge >= 0.3 is 12.0 Å². The van der Waals surface area contributed by atoms with E-state index < -0.39 is 5.97 Å². The third-order valence-electron chi connectivity index (χ3n) is 5.05. The maximum atomic E-state index is 12.9. The first-order chi connectivity index (χ1) is 15.0. The second-order valence-electron chi connectivity index (χ2n) is 7.00. The predicted octanol–water partition coefficient (Wildman–Crippen LogP) is 4.21. The van der Waals surface area contributed by atoms with Crippen LogP contribution in [0.5, 0.6) is 5.75 Å². The maximum Gasteiger partial charge on any atom is 0.356 e. The zero-order chi connectivity index (χ0) is 22.0. The summed E-state index contributed by atoms with van der Waals surface area (Å²) in [6.07, 6.45) is 0.471. The van der Waals surface area contributed by atoms with Crippen molar-refractivity contribution in [2.24, 2.45) is 0 Å². The number of carboxylic acids is 1. The number of aromatic nitrogens is 2. The molecule has 1 aliphatic rings. The molecule has 0 radical (unpaired) electrons. The minimum atomic E-state index is -1.13. The van der Waals surface area contributed by atoms with Crippen molar-refractivity contribution in [2.45, 2.75) is 19.9 Å². The number of rotatable bonds is 5. The first-order valence-electron chi connectivity index (χ1n) is 9.85. The summed E-state index contributed by atoms with van der Waals surface area (Å²) in [5, 5.41) is 17.4. The van der Waals surface area contributed by atoms with Crippen LogP contribution in [-0.4, -0.2) is 44.9 Å². The Balaban J connectivity index is 1.60. The van der Waals surface area contributed by atoms with Crippen LogP contribution in [0.25, 0.3) is 5.69 Å². The van der Waals surface area contributed by atoms with Crippen molar-refractivity contribution < 1.29 is 19.4 Å². The number of ether oxygens (including phenoxy) is 1. The highest BCUT2D eigenvalue weighted by molar-refractivity contribution is 6.30. The van der Waals surface area contributed by atoms with E-state index in [2.05, 4.69) is 10.4 Å². The van der Waals surface area contributed by atoms with Crippen molar-refractivity contribution in [3.8, 4) is 11.4 Å². The monoisotopic (exact) mass is 440 g/mol. The van der Waals surface area contributed by atoms with Crippen LogP contribution in [0.1, 0.15) is 28.7 Å². The van der Waals surface area contributed by atoms with Gasteiger partial charge in [-0.05, 0) is 43.3 Å². The number of urea groups is 1. The van der Waals surface area contributed by atoms with Gasteiger partial charge < -0.3 is 20.1 Å². The number of nitrogens with one attached hydrogen (secondary N) is 1. The Morgan fingerprint density at radius 3 is 2.65 bits per heavy atom. The van der Waals surface area contributed by atoms with Gasteiger partial charge in [-0.1, -0.05) is 23.7 Å². The fourth-order valence-corrected chi connectivity index (χ4v) is 3.73. The van der Waals surface area contributed by atoms with Crippen molar-refractivity contribution in [2.75, 3.05) is 18.5 Å². The minimum Gasteiger partial charge on any atom is -0.492 e. The van der Waals surface area contributed by atoms with E-state index in [0.717, 1.165) is 11.4 Å². The number of fused-ring (bicyclic) bond motifs is 1. The number of benzene rings is 2. The van der Waals surface area contributed by atoms with Crippen LogP contribution in [0.3, 0.4) is 0 Å². The molecule has 0 saturated carbocycles. The lowest BCUT2D eigenvalue weighted by atomic mass is 10.1. The van der Waals surface area contributed by atoms with Crippen molar-refractivity contribution in [1.29, 1.82) is 0 Å². The van der Waals surface area contributed by atoms with Gasteiger partial charge in [0.05, 0.1) is 30.2 Å². The fourth-order valence-electron chi connectivity index (χ4n) is 3.61. The molecule has 31 heavy (non-hydrogen) atoms. The number of anilines is 1. The summed E-state index contributed by atoms with van der Waals surface area (Å²) in [6.45, 7) is 2.92. The Labute approximate surface area is 184 Å². The molecule has 2 amide bonds. The largest absolute Gasteiger partial charge is 0.492 e. The molecular formula is C22H21ClN4O4. The summed E-state index contributed by atoms with van der Waals surface area (Å²) in [7, 11) is 0. The number of aromatic carboxylic acids is 1. The second-order valence-corrected chi connectivity index (χ2v) is 7.43. The lowest BCUT2D eigenvalue weighted by Crippen LogP contribution is -2.39. The molecule has 0 spiro atoms. The van der Waals surface area contributed by atoms with E-state index in [1.165, 1.54) is 0 Å². The Morgan fingerprint density at radius 1 is 1.19 bits per heavy atom. The summed E-state index contributed by atoms with van der Waals surface area (Å²) in [5.74, 6) is -0.550. The number of nitrogens with zero attached hydrogens (tertiary/aromatic N) is 3. The first kappa shape index (κ1) is 20.7. The van der Waals surface area contributed by atoms with E-state index in [4.69, 9.17) is 16.3 Å². The molecule has 0 bridgehead atoms. The number of carbonyl (C=O) groups is 2. The zero-order valence-corrected chi connectivity index (χ0v) is 17.6. The smallest absolute Gasteiger partial charge is 0.356 e. The fraction of sp³-hybridized carbons (Fsp3) is 0.227. The molecule has 2 N–H and O–H groups in total. The molecule has 160 valence electrons. The average molecular weight is 441 g/mol. The van der Waals surface area contributed by atoms with Crippen molar-refractivity contribution >= 4 is 29.3 Å². The van der Waals surface area contributed by atoms with Gasteiger partial charge in [0.1, 0.15) is 5.75 Å². The molecule has 0 atom stereocenters. The average Bonchev–Trinajstić information content (AvgIpc) is 3.15. The van der Waals surface area contributed by atoms with Crippen molar-refractivity contribution in [3.05, 3.63) is 70.5 Å². The number of carbonyl (C=O) groups excluding carboxylic acids is 1. The van der Waals surface area contributed by atoms with Gasteiger partial charge in [-0.25, -0.2) is 14.3 Å². The molecule has 1 aromatic heterocycles. The summed E-state index contributed by atoms with van der Waals surface area (Å²) in [6, 6.07) is 13.9. The van der Waals surface area contributed by atoms with E-state index in [-0.39, 0.29) is 18.3 Å². The molecule has 0 aliphatic carbocycles. The maximum absolute atomic E-state index is 12.9. The van der Waals surface area contributed by atoms with Crippen molar-refractivity contribution in [3.63, 3.8) is 0 Å². The third-order valence-corrected chi connectivity index (χ3v) is 5.30. The number of hydrogen-bond donors (Lipinski definition) is 2. The topological polar surface area (TPSA) is 96.7 Å². The molecule has 4 rings (SSSR count). The highest BCUT2D eigenvalue weighted by Gasteiger charge is 2.30. The molecule has 1 aliphatic heterocycles. The quantitative estimate of drug-likeness (QED) is 0.619. The van der Waals surface area contributed by atoms with E-state index >= 15 is 0 Å². The molecule has 8 nitrogen and oxygen atoms in total. The lowest BCUT2D eigenvalue weighted by Gasteiger charge is -2.28. The Hall–Kier alpha value is -3.52. The third kappa shape index (κ3) is 4.20. The van der Waals surface area contributed by atoms with Crippen LogP contribution in [0.15, 0.2) is 48.5 Å². The van der Waals surface area contributed by atoms with Gasteiger partial charge in [0.25, 0.3) is 0 Å². The summed E-state index contributed by atoms with van der Waals surface area (Å²) in [5.41, 5.74) is 2.53. The van der Waals surface area contributed by atoms with Crippen molar-refractivity contribution in [1.82, 2.24) is 14.7 Å². The molecule has 2 aromatic carbocycles. The van der Waals surface area contributed by atoms with Gasteiger partial charge in [0.15, 0.2) is 5.69 Å². The van der Waals surface area contributed by atoms with Gasteiger partial charge in [-0.3, -0.25) is 0 Å². The number of para-hydroxylation sites is 2. The van der Waals surface area contributed by atoms with Gasteiger partial charge in [-0.15, -0.1) is 0 Å². The summed E-state index contributed by atoms with van der Waals surface area (Å²) < 4.78 is 7.18. The molecular weight excluding hydrogens is 420 g/mol. The second kappa shape index (κ2) is 8.69. The van der Waals surface area contributed by atoms with Crippen LogP contribution in [0, 0.1) is 0 Å². The summed E-state index contributed by atoms with van der Waals surface area (Å²) >= 11 is 5.97. The minimum absolute atomic E-state index is 0.0582. The SMILES string of the molecule is CCOc1ccccc1NC(=O)N1CCc2c(c(C(=O)O)nn2-c2ccc(Cl)cc2)C1. The van der Waals surface area contributed by atoms with Gasteiger partial charge in [0, 0.05) is 23.6 Å². The number of hydrogen-bond acceptors (Lipinski definition) is 4. The Morgan fingerprint density at radius 2 is 1.94 bits per heavy atom. The lowest BCUT2D eigenvalue weighted by molar-refractivity contribution is 0.0687. The van der Waals surface area contributed by atoms with Gasteiger partial charge in [0.2, 0.25) is 0 Å². The molecule has 0 saturated heterocycles. The summed E-state index contributed by atoms with van der Waals surface area (Å²) in [4.78, 5) is 26.3. The number of halogens is 1. The predicted molar refractivity (Wildman–Crippen MR) is 116 cm³/mol. The van der Waals surface area contributed by atoms with E-state index in [1.807, 2.05) is 19.1 Å². The number of carboxylic acid groups (broad SMARTS) is 1. The van der Waals surface area contributed by atoms with Crippen LogP contribution < -0.4 is 10.1 Å². The molecule has 0 unspecified atom stereocenters. The highest BCUT2D eigenvalue weighted by atomic mass is 35.5. The van der Waals surface area contributed by atoms with E-state index in [0.29, 0.717) is 41.6 Å². The first-order valence-corrected chi connectivity index (χ1v) is 10.2. The van der Waals surface area contributed by atoms with E-state index in [1.54, 1.807) is 46.0 Å². The van der Waals surface area contributed by atoms with Crippen LogP contribution >= 0.6 is 11.6 Å². The molecule has 9 heteroatoms. The van der Waals surface area contributed by atoms with Crippen LogP contribution in [-0.2, 0) is 13.0 Å². The highest BCUT2D eigenvalue weighted by Crippen LogP contribution is 2.28. The Kier molecular flexibility index (Phi) is 5.81. The van der Waals surface area contributed by atoms with E-state index in [9.17, 15) is 14.7 Å². The Bertz CT molecular complexity index is 1130. The van der Waals surface area contributed by atoms with Gasteiger partial charge in [-0.2, -0.15) is 5.10 Å². The zero-order valence-electron chi connectivity index (χ0n) is 16.8.